The van der Waals surface area contributed by atoms with Crippen molar-refractivity contribution >= 4 is 12.0 Å². The number of benzene rings is 1. The van der Waals surface area contributed by atoms with Gasteiger partial charge in [-0.05, 0) is 31.9 Å². The third-order valence-corrected chi connectivity index (χ3v) is 3.79. The number of hydrogen-bond donors (Lipinski definition) is 2. The highest BCUT2D eigenvalue weighted by molar-refractivity contribution is 5.86. The molecule has 1 saturated heterocycles. The summed E-state index contributed by atoms with van der Waals surface area (Å²) in [7, 11) is 0. The zero-order chi connectivity index (χ0) is 20.0. The maximum Gasteiger partial charge on any atom is 0.411 e. The fraction of sp³-hybridized carbons (Fsp3) is 0.529. The van der Waals surface area contributed by atoms with E-state index in [9.17, 15) is 14.7 Å². The topological polar surface area (TPSA) is 137 Å². The van der Waals surface area contributed by atoms with Crippen LogP contribution in [-0.4, -0.2) is 52.3 Å². The van der Waals surface area contributed by atoms with Crippen molar-refractivity contribution in [1.82, 2.24) is 10.4 Å². The van der Waals surface area contributed by atoms with Gasteiger partial charge in [0, 0.05) is 11.5 Å². The highest BCUT2D eigenvalue weighted by Crippen LogP contribution is 2.24. The van der Waals surface area contributed by atoms with Gasteiger partial charge in [0.1, 0.15) is 11.6 Å². The van der Waals surface area contributed by atoms with E-state index in [1.54, 1.807) is 20.8 Å². The summed E-state index contributed by atoms with van der Waals surface area (Å²) in [6.45, 7) is 5.01. The Morgan fingerprint density at radius 1 is 1.37 bits per heavy atom. The first-order valence-electron chi connectivity index (χ1n) is 8.40. The van der Waals surface area contributed by atoms with Gasteiger partial charge in [-0.15, -0.1) is 0 Å². The highest BCUT2D eigenvalue weighted by atomic mass is 16.7. The lowest BCUT2D eigenvalue weighted by molar-refractivity contribution is -0.141. The molecule has 2 N–H and O–H groups in total. The molecule has 10 heteroatoms. The number of carbonyl (C=O) groups is 2. The quantitative estimate of drug-likeness (QED) is 0.349. The predicted molar refractivity (Wildman–Crippen MR) is 95.0 cm³/mol. The second kappa shape index (κ2) is 8.72. The molecule has 0 aliphatic carbocycles. The van der Waals surface area contributed by atoms with Crippen LogP contribution in [0.3, 0.4) is 0 Å². The normalized spacial score (nSPS) is 22.1. The van der Waals surface area contributed by atoms with Crippen LogP contribution in [-0.2, 0) is 21.0 Å². The molecule has 27 heavy (non-hydrogen) atoms. The molecule has 0 saturated carbocycles. The van der Waals surface area contributed by atoms with E-state index in [1.165, 1.54) is 0 Å². The first kappa shape index (κ1) is 20.5. The highest BCUT2D eigenvalue weighted by Gasteiger charge is 2.48. The number of likely N-dealkylation sites (tertiary alicyclic amines) is 1. The lowest BCUT2D eigenvalue weighted by atomic mass is 10.1. The van der Waals surface area contributed by atoms with E-state index in [0.717, 1.165) is 10.5 Å². The SMILES string of the molecule is CC(C)(C)OC(=O)N1CC(N=[N+]=[N-])C(O)[C@H]1C(=O)NOCc1ccccc1. The molecule has 1 aromatic rings. The first-order chi connectivity index (χ1) is 12.7. The summed E-state index contributed by atoms with van der Waals surface area (Å²) in [5.74, 6) is -0.736. The molecular weight excluding hydrogens is 354 g/mol. The van der Waals surface area contributed by atoms with Crippen molar-refractivity contribution in [2.45, 2.75) is 51.2 Å². The summed E-state index contributed by atoms with van der Waals surface area (Å²) >= 11 is 0. The summed E-state index contributed by atoms with van der Waals surface area (Å²) in [6.07, 6.45) is -2.17. The molecule has 2 unspecified atom stereocenters. The zero-order valence-electron chi connectivity index (χ0n) is 15.4. The fourth-order valence-electron chi connectivity index (χ4n) is 2.62. The van der Waals surface area contributed by atoms with E-state index in [-0.39, 0.29) is 13.2 Å². The smallest absolute Gasteiger partial charge is 0.411 e. The van der Waals surface area contributed by atoms with Crippen molar-refractivity contribution in [3.8, 4) is 0 Å². The minimum Gasteiger partial charge on any atom is -0.444 e. The molecule has 0 spiro atoms. The number of azide groups is 1. The van der Waals surface area contributed by atoms with E-state index in [4.69, 9.17) is 15.1 Å². The Morgan fingerprint density at radius 3 is 2.63 bits per heavy atom. The van der Waals surface area contributed by atoms with Crippen LogP contribution in [0.25, 0.3) is 10.4 Å². The number of hydroxylamine groups is 1. The van der Waals surface area contributed by atoms with Gasteiger partial charge in [-0.2, -0.15) is 0 Å². The molecule has 0 radical (unpaired) electrons. The molecule has 146 valence electrons. The molecule has 0 bridgehead atoms. The summed E-state index contributed by atoms with van der Waals surface area (Å²) in [5, 5.41) is 13.8. The van der Waals surface area contributed by atoms with Gasteiger partial charge in [-0.1, -0.05) is 35.4 Å². The summed E-state index contributed by atoms with van der Waals surface area (Å²) in [6, 6.07) is 6.89. The average molecular weight is 377 g/mol. The number of carbonyl (C=O) groups excluding carboxylic acids is 2. The number of aliphatic hydroxyl groups excluding tert-OH is 1. The van der Waals surface area contributed by atoms with Gasteiger partial charge in [0.25, 0.3) is 5.91 Å². The summed E-state index contributed by atoms with van der Waals surface area (Å²) < 4.78 is 5.27. The second-order valence-corrected chi connectivity index (χ2v) is 7.08. The predicted octanol–water partition coefficient (Wildman–Crippen LogP) is 1.89. The Hall–Kier alpha value is -2.81. The maximum absolute atomic E-state index is 12.5. The fourth-order valence-corrected chi connectivity index (χ4v) is 2.62. The van der Waals surface area contributed by atoms with Crippen molar-refractivity contribution in [3.63, 3.8) is 0 Å². The monoisotopic (exact) mass is 377 g/mol. The van der Waals surface area contributed by atoms with Crippen molar-refractivity contribution in [2.24, 2.45) is 5.11 Å². The molecule has 2 rings (SSSR count). The second-order valence-electron chi connectivity index (χ2n) is 7.08. The molecule has 1 aliphatic heterocycles. The van der Waals surface area contributed by atoms with E-state index >= 15 is 0 Å². The lowest BCUT2D eigenvalue weighted by Gasteiger charge is -2.28. The van der Waals surface area contributed by atoms with Crippen molar-refractivity contribution < 1.29 is 24.3 Å². The van der Waals surface area contributed by atoms with E-state index in [0.29, 0.717) is 0 Å². The van der Waals surface area contributed by atoms with Gasteiger partial charge < -0.3 is 9.84 Å². The minimum absolute atomic E-state index is 0.113. The van der Waals surface area contributed by atoms with Crippen LogP contribution in [0, 0.1) is 0 Å². The third kappa shape index (κ3) is 5.58. The number of rotatable bonds is 5. The van der Waals surface area contributed by atoms with Crippen LogP contribution in [0.2, 0.25) is 0 Å². The van der Waals surface area contributed by atoms with Gasteiger partial charge >= 0.3 is 6.09 Å². The summed E-state index contributed by atoms with van der Waals surface area (Å²) in [5.41, 5.74) is 10.9. The average Bonchev–Trinajstić information content (AvgIpc) is 2.92. The van der Waals surface area contributed by atoms with Gasteiger partial charge in [0.05, 0.1) is 18.8 Å². The Kier molecular flexibility index (Phi) is 6.62. The third-order valence-electron chi connectivity index (χ3n) is 3.79. The van der Waals surface area contributed by atoms with Crippen molar-refractivity contribution in [3.05, 3.63) is 46.3 Å². The van der Waals surface area contributed by atoms with Crippen LogP contribution < -0.4 is 5.48 Å². The van der Waals surface area contributed by atoms with Gasteiger partial charge in [0.2, 0.25) is 0 Å². The Balaban J connectivity index is 2.07. The van der Waals surface area contributed by atoms with Crippen molar-refractivity contribution in [1.29, 1.82) is 0 Å². The van der Waals surface area contributed by atoms with E-state index < -0.39 is 35.8 Å². The number of amides is 2. The Labute approximate surface area is 156 Å². The molecule has 1 heterocycles. The number of hydrogen-bond acceptors (Lipinski definition) is 6. The molecule has 2 amide bonds. The minimum atomic E-state index is -1.38. The van der Waals surface area contributed by atoms with E-state index in [1.807, 2.05) is 30.3 Å². The molecule has 1 fully saturated rings. The Bertz CT molecular complexity index is 714. The van der Waals surface area contributed by atoms with Gasteiger partial charge in [0.15, 0.2) is 0 Å². The number of nitrogens with one attached hydrogen (secondary N) is 1. The first-order valence-corrected chi connectivity index (χ1v) is 8.40. The number of nitrogens with zero attached hydrogens (tertiary/aromatic N) is 4. The number of aliphatic hydroxyl groups is 1. The lowest BCUT2D eigenvalue weighted by Crippen LogP contribution is -2.51. The van der Waals surface area contributed by atoms with Crippen LogP contribution >= 0.6 is 0 Å². The zero-order valence-corrected chi connectivity index (χ0v) is 15.4. The van der Waals surface area contributed by atoms with E-state index in [2.05, 4.69) is 15.5 Å². The summed E-state index contributed by atoms with van der Waals surface area (Å²) in [4.78, 5) is 33.8. The van der Waals surface area contributed by atoms with Crippen LogP contribution in [0.15, 0.2) is 35.4 Å². The molecule has 10 nitrogen and oxygen atoms in total. The van der Waals surface area contributed by atoms with Crippen LogP contribution in [0.1, 0.15) is 26.3 Å². The maximum atomic E-state index is 12.5. The molecule has 3 atom stereocenters. The van der Waals surface area contributed by atoms with Crippen LogP contribution in [0.5, 0.6) is 0 Å². The standard InChI is InChI=1S/C17H23N5O5/c1-17(2,3)27-16(25)22-9-12(19-21-18)14(23)13(22)15(24)20-26-10-11-7-5-4-6-8-11/h4-8,12-14,23H,9-10H2,1-3H3,(H,20,24)/t12?,13-,14?/m0/s1. The molecule has 1 aromatic carbocycles. The van der Waals surface area contributed by atoms with Crippen molar-refractivity contribution in [2.75, 3.05) is 6.54 Å². The van der Waals surface area contributed by atoms with Gasteiger partial charge in [-0.3, -0.25) is 14.5 Å². The Morgan fingerprint density at radius 2 is 2.04 bits per heavy atom. The molecular formula is C17H23N5O5. The number of ether oxygens (including phenoxy) is 1. The molecule has 0 aromatic heterocycles. The molecule has 1 aliphatic rings. The largest absolute Gasteiger partial charge is 0.444 e. The van der Waals surface area contributed by atoms with Gasteiger partial charge in [-0.25, -0.2) is 10.3 Å². The van der Waals surface area contributed by atoms with Crippen LogP contribution in [0.4, 0.5) is 4.79 Å².